The summed E-state index contributed by atoms with van der Waals surface area (Å²) >= 11 is 0. The first-order valence-electron chi connectivity index (χ1n) is 24.2. The fourth-order valence-corrected chi connectivity index (χ4v) is 20.7. The van der Waals surface area contributed by atoms with E-state index in [0.29, 0.717) is 0 Å². The van der Waals surface area contributed by atoms with Crippen LogP contribution in [0.4, 0.5) is 17.1 Å². The van der Waals surface area contributed by atoms with Gasteiger partial charge < -0.3 is 9.47 Å². The fourth-order valence-electron chi connectivity index (χ4n) is 11.2. The molecule has 1 aromatic heterocycles. The molecule has 0 fully saturated rings. The third kappa shape index (κ3) is 7.24. The molecule has 0 amide bonds. The van der Waals surface area contributed by atoms with Crippen LogP contribution in [0.2, 0.25) is 0 Å². The van der Waals surface area contributed by atoms with Crippen molar-refractivity contribution < 1.29 is 0 Å². The smallest absolute Gasteiger partial charge is 0.179 e. The largest absolute Gasteiger partial charge is 0.311 e. The molecule has 0 aliphatic rings. The van der Waals surface area contributed by atoms with Gasteiger partial charge in [0.2, 0.25) is 0 Å². The summed E-state index contributed by atoms with van der Waals surface area (Å²) in [6.07, 6.45) is 0. The Bertz CT molecular complexity index is 3240. The summed E-state index contributed by atoms with van der Waals surface area (Å²) in [6.45, 7) is 0. The number of nitrogens with zero attached hydrogens (tertiary/aromatic N) is 2. The molecule has 2 nitrogen and oxygen atoms in total. The second-order valence-electron chi connectivity index (χ2n) is 18.0. The Balaban J connectivity index is 1.04. The predicted octanol–water partition coefficient (Wildman–Crippen LogP) is 11.0. The summed E-state index contributed by atoms with van der Waals surface area (Å²) in [5.74, 6) is 0. The lowest BCUT2D eigenvalue weighted by Crippen LogP contribution is -2.74. The summed E-state index contributed by atoms with van der Waals surface area (Å²) in [6, 6.07) is 113. The van der Waals surface area contributed by atoms with Gasteiger partial charge in [0, 0.05) is 33.5 Å². The molecule has 4 heteroatoms. The molecular weight excluding hydrogens is 877 g/mol. The second-order valence-corrected chi connectivity index (χ2v) is 25.6. The van der Waals surface area contributed by atoms with Crippen molar-refractivity contribution in [3.8, 4) is 5.69 Å². The van der Waals surface area contributed by atoms with E-state index in [-0.39, 0.29) is 0 Å². The number of anilines is 3. The lowest BCUT2D eigenvalue weighted by molar-refractivity contribution is 1.17. The fraction of sp³-hybridized carbons (Fsp3) is 0. The number of para-hydroxylation sites is 2. The van der Waals surface area contributed by atoms with Crippen molar-refractivity contribution in [2.24, 2.45) is 0 Å². The van der Waals surface area contributed by atoms with E-state index >= 15 is 0 Å². The van der Waals surface area contributed by atoms with Crippen molar-refractivity contribution in [2.45, 2.75) is 0 Å². The van der Waals surface area contributed by atoms with Crippen molar-refractivity contribution in [1.29, 1.82) is 0 Å². The highest BCUT2D eigenvalue weighted by atomic mass is 28.3. The van der Waals surface area contributed by atoms with Gasteiger partial charge in [-0.3, -0.25) is 0 Å². The van der Waals surface area contributed by atoms with Gasteiger partial charge in [-0.2, -0.15) is 0 Å². The predicted molar refractivity (Wildman–Crippen MR) is 303 cm³/mol. The van der Waals surface area contributed by atoms with Crippen LogP contribution in [0.5, 0.6) is 0 Å². The minimum absolute atomic E-state index is 1.08. The maximum absolute atomic E-state index is 2.74. The molecule has 0 atom stereocenters. The highest BCUT2D eigenvalue weighted by molar-refractivity contribution is 7.20. The zero-order valence-corrected chi connectivity index (χ0v) is 40.8. The van der Waals surface area contributed by atoms with Gasteiger partial charge in [0.15, 0.2) is 16.1 Å². The third-order valence-electron chi connectivity index (χ3n) is 14.3. The van der Waals surface area contributed by atoms with E-state index in [0.717, 1.165) is 22.7 Å². The van der Waals surface area contributed by atoms with Crippen molar-refractivity contribution in [3.63, 3.8) is 0 Å². The van der Waals surface area contributed by atoms with Crippen molar-refractivity contribution in [2.75, 3.05) is 4.90 Å². The first-order chi connectivity index (χ1) is 34.7. The molecule has 1 heterocycles. The Morgan fingerprint density at radius 3 is 0.729 bits per heavy atom. The van der Waals surface area contributed by atoms with Crippen LogP contribution < -0.4 is 46.4 Å². The number of hydrogen-bond donors (Lipinski definition) is 0. The van der Waals surface area contributed by atoms with Gasteiger partial charge in [0.1, 0.15) is 0 Å². The highest BCUT2D eigenvalue weighted by Gasteiger charge is 2.42. The van der Waals surface area contributed by atoms with Gasteiger partial charge in [0.25, 0.3) is 0 Å². The molecule has 332 valence electrons. The van der Waals surface area contributed by atoms with E-state index in [2.05, 4.69) is 313 Å². The first kappa shape index (κ1) is 42.8. The van der Waals surface area contributed by atoms with E-state index in [1.165, 1.54) is 63.3 Å². The number of aromatic nitrogens is 1. The molecule has 0 saturated carbocycles. The van der Waals surface area contributed by atoms with Crippen LogP contribution in [-0.2, 0) is 0 Å². The number of hydrogen-bond acceptors (Lipinski definition) is 1. The van der Waals surface area contributed by atoms with E-state index < -0.39 is 16.1 Å². The molecule has 12 rings (SSSR count). The molecule has 0 aliphatic heterocycles. The number of fused-ring (bicyclic) bond motifs is 3. The standard InChI is InChI=1S/C66H50N2Si2/c1-7-23-55(24-8-1)69(56-25-9-2-10-26-56,57-27-11-3-12-28-57)61-47-43-52(44-48-61)67(51-39-41-54(42-40-51)68-65-37-21-19-35-63(65)64-36-20-22-38-66(64)68)53-45-49-62(50-46-53)70(58-29-13-4-14-30-58,59-31-15-5-16-32-59)60-33-17-6-18-34-60/h1-50H. The Hall–Kier alpha value is -8.55. The van der Waals surface area contributed by atoms with Gasteiger partial charge in [0.05, 0.1) is 11.0 Å². The molecular formula is C66H50N2Si2. The van der Waals surface area contributed by atoms with Gasteiger partial charge in [-0.05, 0) is 102 Å². The van der Waals surface area contributed by atoms with E-state index in [1.807, 2.05) is 0 Å². The highest BCUT2D eigenvalue weighted by Crippen LogP contribution is 2.37. The van der Waals surface area contributed by atoms with Crippen LogP contribution in [0.15, 0.2) is 303 Å². The maximum atomic E-state index is 2.43. The summed E-state index contributed by atoms with van der Waals surface area (Å²) in [5, 5.41) is 13.3. The van der Waals surface area contributed by atoms with Crippen molar-refractivity contribution >= 4 is 96.5 Å². The molecule has 0 radical (unpaired) electrons. The number of rotatable bonds is 12. The van der Waals surface area contributed by atoms with Crippen LogP contribution in [0.3, 0.4) is 0 Å². The minimum atomic E-state index is -2.74. The molecule has 0 bridgehead atoms. The lowest BCUT2D eigenvalue weighted by Gasteiger charge is -2.35. The summed E-state index contributed by atoms with van der Waals surface area (Å²) in [7, 11) is -5.48. The molecule has 0 N–H and O–H groups in total. The van der Waals surface area contributed by atoms with E-state index in [1.54, 1.807) is 0 Å². The Morgan fingerprint density at radius 1 is 0.214 bits per heavy atom. The zero-order chi connectivity index (χ0) is 46.7. The zero-order valence-electron chi connectivity index (χ0n) is 38.8. The monoisotopic (exact) mass is 926 g/mol. The van der Waals surface area contributed by atoms with Crippen LogP contribution in [0.25, 0.3) is 27.5 Å². The SMILES string of the molecule is c1ccc([Si](c2ccccc2)(c2ccccc2)c2ccc(N(c3ccc(-n4c5ccccc5c5ccccc54)cc3)c3ccc([Si](c4ccccc4)(c4ccccc4)c4ccccc4)cc3)cc2)cc1. The van der Waals surface area contributed by atoms with E-state index in [4.69, 9.17) is 0 Å². The minimum Gasteiger partial charge on any atom is -0.311 e. The summed E-state index contributed by atoms with van der Waals surface area (Å²) in [4.78, 5) is 2.43. The van der Waals surface area contributed by atoms with Gasteiger partial charge in [-0.25, -0.2) is 0 Å². The van der Waals surface area contributed by atoms with Crippen LogP contribution in [-0.4, -0.2) is 20.7 Å². The summed E-state index contributed by atoms with van der Waals surface area (Å²) < 4.78 is 2.39. The van der Waals surface area contributed by atoms with Gasteiger partial charge >= 0.3 is 0 Å². The van der Waals surface area contributed by atoms with Crippen molar-refractivity contribution in [1.82, 2.24) is 4.57 Å². The van der Waals surface area contributed by atoms with Crippen LogP contribution >= 0.6 is 0 Å². The molecule has 0 saturated heterocycles. The molecule has 0 spiro atoms. The Kier molecular flexibility index (Phi) is 11.3. The molecule has 0 unspecified atom stereocenters. The Morgan fingerprint density at radius 2 is 0.443 bits per heavy atom. The van der Waals surface area contributed by atoms with Gasteiger partial charge in [-0.15, -0.1) is 0 Å². The van der Waals surface area contributed by atoms with Gasteiger partial charge in [-0.1, -0.05) is 243 Å². The Labute approximate surface area is 412 Å². The molecule has 70 heavy (non-hydrogen) atoms. The normalized spacial score (nSPS) is 11.7. The first-order valence-corrected chi connectivity index (χ1v) is 28.2. The number of benzene rings is 11. The summed E-state index contributed by atoms with van der Waals surface area (Å²) in [5.41, 5.74) is 6.79. The second kappa shape index (κ2) is 18.5. The molecule has 11 aromatic carbocycles. The maximum Gasteiger partial charge on any atom is 0.179 e. The quantitative estimate of drug-likeness (QED) is 0.0876. The third-order valence-corrected chi connectivity index (χ3v) is 23.9. The van der Waals surface area contributed by atoms with Crippen LogP contribution in [0.1, 0.15) is 0 Å². The van der Waals surface area contributed by atoms with E-state index in [9.17, 15) is 0 Å². The van der Waals surface area contributed by atoms with Crippen LogP contribution in [0, 0.1) is 0 Å². The average molecular weight is 927 g/mol. The topological polar surface area (TPSA) is 8.17 Å². The lowest BCUT2D eigenvalue weighted by atomic mass is 10.1. The average Bonchev–Trinajstić information content (AvgIpc) is 3.79. The molecule has 12 aromatic rings. The van der Waals surface area contributed by atoms with Crippen molar-refractivity contribution in [3.05, 3.63) is 303 Å². The molecule has 0 aliphatic carbocycles.